The minimum absolute atomic E-state index is 0.689. The summed E-state index contributed by atoms with van der Waals surface area (Å²) in [7, 11) is 0. The van der Waals surface area contributed by atoms with Crippen molar-refractivity contribution in [2.75, 3.05) is 17.2 Å². The molecule has 0 atom stereocenters. The van der Waals surface area contributed by atoms with Gasteiger partial charge in [0.15, 0.2) is 0 Å². The fourth-order valence-corrected chi connectivity index (χ4v) is 2.49. The van der Waals surface area contributed by atoms with Gasteiger partial charge in [-0.05, 0) is 27.2 Å². The summed E-state index contributed by atoms with van der Waals surface area (Å²) in [6.45, 7) is 9.71. The van der Waals surface area contributed by atoms with Crippen molar-refractivity contribution in [2.45, 2.75) is 40.7 Å². The second kappa shape index (κ2) is 6.65. The van der Waals surface area contributed by atoms with Crippen molar-refractivity contribution in [1.29, 1.82) is 0 Å². The molecule has 0 radical (unpaired) electrons. The number of aryl methyl sites for hydroxylation is 2. The Morgan fingerprint density at radius 1 is 1.05 bits per heavy atom. The molecule has 0 aliphatic rings. The number of thiazole rings is 1. The smallest absolute Gasteiger partial charge is 0.135 e. The van der Waals surface area contributed by atoms with Crippen LogP contribution >= 0.6 is 11.3 Å². The molecule has 2 N–H and O–H groups in total. The van der Waals surface area contributed by atoms with Crippen molar-refractivity contribution in [3.05, 3.63) is 27.5 Å². The Morgan fingerprint density at radius 3 is 2.35 bits per heavy atom. The van der Waals surface area contributed by atoms with Gasteiger partial charge in [-0.3, -0.25) is 0 Å². The van der Waals surface area contributed by atoms with Gasteiger partial charge in [0.05, 0.1) is 17.2 Å². The van der Waals surface area contributed by atoms with Crippen LogP contribution in [0.3, 0.4) is 0 Å². The molecular weight excluding hydrogens is 270 g/mol. The Labute approximate surface area is 123 Å². The fourth-order valence-electron chi connectivity index (χ4n) is 1.88. The van der Waals surface area contributed by atoms with Crippen LogP contribution in [0.4, 0.5) is 11.6 Å². The van der Waals surface area contributed by atoms with Gasteiger partial charge < -0.3 is 10.6 Å². The van der Waals surface area contributed by atoms with E-state index in [-0.39, 0.29) is 0 Å². The predicted molar refractivity (Wildman–Crippen MR) is 84.5 cm³/mol. The highest BCUT2D eigenvalue weighted by Gasteiger charge is 2.09. The average Bonchev–Trinajstić information content (AvgIpc) is 2.83. The second-order valence-corrected chi connectivity index (χ2v) is 5.79. The third kappa shape index (κ3) is 3.66. The highest BCUT2D eigenvalue weighted by Crippen LogP contribution is 2.20. The van der Waals surface area contributed by atoms with Crippen LogP contribution in [-0.4, -0.2) is 21.5 Å². The fraction of sp³-hybridized carbons (Fsp3) is 0.500. The number of nitrogens with one attached hydrogen (secondary N) is 2. The molecule has 0 spiro atoms. The van der Waals surface area contributed by atoms with E-state index >= 15 is 0 Å². The van der Waals surface area contributed by atoms with Gasteiger partial charge >= 0.3 is 0 Å². The molecule has 0 aliphatic heterocycles. The molecule has 20 heavy (non-hydrogen) atoms. The first kappa shape index (κ1) is 14.7. The number of anilines is 2. The van der Waals surface area contributed by atoms with Gasteiger partial charge in [-0.2, -0.15) is 0 Å². The molecule has 2 aromatic heterocycles. The molecule has 108 valence electrons. The quantitative estimate of drug-likeness (QED) is 0.855. The van der Waals surface area contributed by atoms with Crippen molar-refractivity contribution >= 4 is 23.0 Å². The van der Waals surface area contributed by atoms with E-state index in [0.29, 0.717) is 6.54 Å². The van der Waals surface area contributed by atoms with Crippen molar-refractivity contribution in [2.24, 2.45) is 0 Å². The molecule has 0 amide bonds. The van der Waals surface area contributed by atoms with Crippen LogP contribution in [0.15, 0.2) is 5.38 Å². The molecule has 2 heterocycles. The zero-order valence-corrected chi connectivity index (χ0v) is 13.3. The second-order valence-electron chi connectivity index (χ2n) is 4.73. The highest BCUT2D eigenvalue weighted by molar-refractivity contribution is 7.09. The Balaban J connectivity index is 2.12. The van der Waals surface area contributed by atoms with Crippen LogP contribution in [0.2, 0.25) is 0 Å². The standard InChI is InChI=1S/C14H21N5S/c1-5-6-15-13-9(2)14(18-10(3)17-13)16-7-12-8-20-11(4)19-12/h8H,5-7H2,1-4H3,(H2,15,16,17,18). The summed E-state index contributed by atoms with van der Waals surface area (Å²) in [5.74, 6) is 2.56. The molecular formula is C14H21N5S. The minimum Gasteiger partial charge on any atom is -0.370 e. The number of nitrogens with zero attached hydrogens (tertiary/aromatic N) is 3. The summed E-state index contributed by atoms with van der Waals surface area (Å²) >= 11 is 1.66. The van der Waals surface area contributed by atoms with Crippen molar-refractivity contribution < 1.29 is 0 Å². The maximum absolute atomic E-state index is 4.48. The molecule has 6 heteroatoms. The molecule has 5 nitrogen and oxygen atoms in total. The monoisotopic (exact) mass is 291 g/mol. The Hall–Kier alpha value is -1.69. The lowest BCUT2D eigenvalue weighted by Crippen LogP contribution is -2.10. The van der Waals surface area contributed by atoms with Crippen LogP contribution in [0.1, 0.15) is 35.4 Å². The SMILES string of the molecule is CCCNc1nc(C)nc(NCc2csc(C)n2)c1C. The zero-order chi connectivity index (χ0) is 14.5. The highest BCUT2D eigenvalue weighted by atomic mass is 32.1. The van der Waals surface area contributed by atoms with E-state index in [4.69, 9.17) is 0 Å². The van der Waals surface area contributed by atoms with Crippen LogP contribution < -0.4 is 10.6 Å². The lowest BCUT2D eigenvalue weighted by molar-refractivity contribution is 0.939. The van der Waals surface area contributed by atoms with Gasteiger partial charge in [-0.25, -0.2) is 15.0 Å². The molecule has 2 rings (SSSR count). The van der Waals surface area contributed by atoms with Crippen LogP contribution in [0.25, 0.3) is 0 Å². The van der Waals surface area contributed by atoms with Gasteiger partial charge in [0.25, 0.3) is 0 Å². The number of hydrogen-bond donors (Lipinski definition) is 2. The molecule has 0 unspecified atom stereocenters. The number of rotatable bonds is 6. The summed E-state index contributed by atoms with van der Waals surface area (Å²) in [5.41, 5.74) is 2.10. The van der Waals surface area contributed by atoms with Gasteiger partial charge in [0.2, 0.25) is 0 Å². The number of hydrogen-bond acceptors (Lipinski definition) is 6. The Bertz CT molecular complexity index is 579. The molecule has 0 fully saturated rings. The largest absolute Gasteiger partial charge is 0.370 e. The van der Waals surface area contributed by atoms with Gasteiger partial charge in [0.1, 0.15) is 17.5 Å². The molecule has 2 aromatic rings. The van der Waals surface area contributed by atoms with Crippen LogP contribution in [-0.2, 0) is 6.54 Å². The lowest BCUT2D eigenvalue weighted by Gasteiger charge is -2.13. The Kier molecular flexibility index (Phi) is 4.89. The topological polar surface area (TPSA) is 62.7 Å². The Morgan fingerprint density at radius 2 is 1.75 bits per heavy atom. The van der Waals surface area contributed by atoms with E-state index in [2.05, 4.69) is 37.9 Å². The maximum Gasteiger partial charge on any atom is 0.135 e. The van der Waals surface area contributed by atoms with E-state index in [9.17, 15) is 0 Å². The van der Waals surface area contributed by atoms with Gasteiger partial charge in [-0.15, -0.1) is 11.3 Å². The normalized spacial score (nSPS) is 10.6. The van der Waals surface area contributed by atoms with E-state index in [0.717, 1.165) is 46.7 Å². The summed E-state index contributed by atoms with van der Waals surface area (Å²) < 4.78 is 0. The van der Waals surface area contributed by atoms with Crippen LogP contribution in [0, 0.1) is 20.8 Å². The molecule has 0 aliphatic carbocycles. The summed E-state index contributed by atoms with van der Waals surface area (Å²) in [5, 5.41) is 9.85. The first-order valence-corrected chi connectivity index (χ1v) is 7.72. The van der Waals surface area contributed by atoms with Gasteiger partial charge in [-0.1, -0.05) is 6.92 Å². The first-order valence-electron chi connectivity index (χ1n) is 6.84. The number of aromatic nitrogens is 3. The van der Waals surface area contributed by atoms with Crippen molar-refractivity contribution in [3.63, 3.8) is 0 Å². The molecule has 0 bridgehead atoms. The average molecular weight is 291 g/mol. The third-order valence-corrected chi connectivity index (χ3v) is 3.73. The lowest BCUT2D eigenvalue weighted by atomic mass is 10.3. The first-order chi connectivity index (χ1) is 9.60. The summed E-state index contributed by atoms with van der Waals surface area (Å²) in [6, 6.07) is 0. The van der Waals surface area contributed by atoms with E-state index in [1.54, 1.807) is 11.3 Å². The zero-order valence-electron chi connectivity index (χ0n) is 12.4. The van der Waals surface area contributed by atoms with Crippen LogP contribution in [0.5, 0.6) is 0 Å². The van der Waals surface area contributed by atoms with Crippen molar-refractivity contribution in [3.8, 4) is 0 Å². The summed E-state index contributed by atoms with van der Waals surface area (Å²) in [4.78, 5) is 13.4. The maximum atomic E-state index is 4.48. The van der Waals surface area contributed by atoms with E-state index in [1.165, 1.54) is 0 Å². The van der Waals surface area contributed by atoms with E-state index < -0.39 is 0 Å². The molecule has 0 saturated carbocycles. The molecule has 0 saturated heterocycles. The molecule has 0 aromatic carbocycles. The predicted octanol–water partition coefficient (Wildman–Crippen LogP) is 3.29. The third-order valence-electron chi connectivity index (χ3n) is 2.90. The van der Waals surface area contributed by atoms with Gasteiger partial charge in [0, 0.05) is 17.5 Å². The summed E-state index contributed by atoms with van der Waals surface area (Å²) in [6.07, 6.45) is 1.07. The van der Waals surface area contributed by atoms with Crippen molar-refractivity contribution in [1.82, 2.24) is 15.0 Å². The van der Waals surface area contributed by atoms with E-state index in [1.807, 2.05) is 20.8 Å². The minimum atomic E-state index is 0.689.